The van der Waals surface area contributed by atoms with Gasteiger partial charge in [-0.2, -0.15) is 0 Å². The first kappa shape index (κ1) is 16.4. The second-order valence-corrected chi connectivity index (χ2v) is 4.76. The van der Waals surface area contributed by atoms with E-state index in [-0.39, 0.29) is 30.3 Å². The average Bonchev–Trinajstić information content (AvgIpc) is 2.80. The van der Waals surface area contributed by atoms with Gasteiger partial charge in [-0.1, -0.05) is 30.3 Å². The summed E-state index contributed by atoms with van der Waals surface area (Å²) in [5.41, 5.74) is 0.881. The number of nitrogens with zero attached hydrogens (tertiary/aromatic N) is 1. The highest BCUT2D eigenvalue weighted by Gasteiger charge is 2.22. The normalized spacial score (nSPS) is 10.2. The van der Waals surface area contributed by atoms with E-state index in [1.165, 1.54) is 10.8 Å². The number of hydrogen-bond donors (Lipinski definition) is 2. The van der Waals surface area contributed by atoms with E-state index < -0.39 is 12.1 Å². The smallest absolute Gasteiger partial charge is 0.412 e. The van der Waals surface area contributed by atoms with Gasteiger partial charge in [0.25, 0.3) is 0 Å². The molecule has 7 heteroatoms. The van der Waals surface area contributed by atoms with Crippen LogP contribution < -0.4 is 5.32 Å². The molecule has 0 saturated carbocycles. The zero-order chi connectivity index (χ0) is 16.8. The van der Waals surface area contributed by atoms with Gasteiger partial charge in [-0.25, -0.2) is 9.59 Å². The van der Waals surface area contributed by atoms with E-state index in [1.807, 2.05) is 30.3 Å². The molecule has 2 aromatic rings. The van der Waals surface area contributed by atoms with Crippen LogP contribution in [0.5, 0.6) is 5.75 Å². The fourth-order valence-corrected chi connectivity index (χ4v) is 2.01. The largest absolute Gasteiger partial charge is 0.504 e. The summed E-state index contributed by atoms with van der Waals surface area (Å²) >= 11 is 0. The Kier molecular flexibility index (Phi) is 5.24. The van der Waals surface area contributed by atoms with Gasteiger partial charge in [0, 0.05) is 13.2 Å². The number of benzene rings is 1. The topological polar surface area (TPSA) is 89.8 Å². The third kappa shape index (κ3) is 4.03. The van der Waals surface area contributed by atoms with Crippen molar-refractivity contribution in [1.29, 1.82) is 0 Å². The minimum absolute atomic E-state index is 0.0368. The molecular formula is C16H18N2O5. The molecule has 0 radical (unpaired) electrons. The zero-order valence-corrected chi connectivity index (χ0v) is 12.9. The van der Waals surface area contributed by atoms with Gasteiger partial charge in [0.15, 0.2) is 11.4 Å². The van der Waals surface area contributed by atoms with Crippen molar-refractivity contribution in [1.82, 2.24) is 4.57 Å². The van der Waals surface area contributed by atoms with Crippen LogP contribution in [0, 0.1) is 0 Å². The lowest BCUT2D eigenvalue weighted by Crippen LogP contribution is -2.13. The van der Waals surface area contributed by atoms with Crippen molar-refractivity contribution >= 4 is 17.7 Å². The van der Waals surface area contributed by atoms with Crippen LogP contribution in [-0.4, -0.2) is 28.3 Å². The first-order valence-corrected chi connectivity index (χ1v) is 7.06. The summed E-state index contributed by atoms with van der Waals surface area (Å²) in [6, 6.07) is 9.19. The minimum atomic E-state index is -0.731. The van der Waals surface area contributed by atoms with Crippen LogP contribution in [0.1, 0.15) is 23.0 Å². The van der Waals surface area contributed by atoms with Gasteiger partial charge in [0.1, 0.15) is 12.3 Å². The summed E-state index contributed by atoms with van der Waals surface area (Å²) in [5.74, 6) is -1.03. The van der Waals surface area contributed by atoms with E-state index in [0.29, 0.717) is 0 Å². The third-order valence-electron chi connectivity index (χ3n) is 3.07. The van der Waals surface area contributed by atoms with Crippen LogP contribution in [0.15, 0.2) is 36.5 Å². The Labute approximate surface area is 133 Å². The molecule has 23 heavy (non-hydrogen) atoms. The van der Waals surface area contributed by atoms with Gasteiger partial charge in [-0.15, -0.1) is 0 Å². The summed E-state index contributed by atoms with van der Waals surface area (Å²) in [4.78, 5) is 23.5. The molecule has 0 fully saturated rings. The number of aryl methyl sites for hydroxylation is 1. The molecule has 0 aliphatic heterocycles. The average molecular weight is 318 g/mol. The minimum Gasteiger partial charge on any atom is -0.504 e. The maximum atomic E-state index is 11.8. The number of rotatable bonds is 5. The molecule has 7 nitrogen and oxygen atoms in total. The summed E-state index contributed by atoms with van der Waals surface area (Å²) in [6.07, 6.45) is 0.677. The lowest BCUT2D eigenvalue weighted by molar-refractivity contribution is 0.0511. The van der Waals surface area contributed by atoms with Gasteiger partial charge in [-0.05, 0) is 12.5 Å². The number of carbonyl (C=O) groups is 2. The second kappa shape index (κ2) is 7.35. The molecule has 0 atom stereocenters. The van der Waals surface area contributed by atoms with Crippen LogP contribution in [0.2, 0.25) is 0 Å². The highest BCUT2D eigenvalue weighted by Crippen LogP contribution is 2.30. The molecule has 0 bridgehead atoms. The van der Waals surface area contributed by atoms with E-state index in [1.54, 1.807) is 14.0 Å². The van der Waals surface area contributed by atoms with Crippen molar-refractivity contribution in [2.45, 2.75) is 13.5 Å². The van der Waals surface area contributed by atoms with Crippen molar-refractivity contribution in [3.05, 3.63) is 47.8 Å². The fourth-order valence-electron chi connectivity index (χ4n) is 2.01. The first-order chi connectivity index (χ1) is 11.0. The number of esters is 1. The SMILES string of the molecule is CCOC(=O)c1c(O)c(NC(=O)OCc2ccccc2)cn1C. The van der Waals surface area contributed by atoms with Crippen molar-refractivity contribution < 1.29 is 24.2 Å². The summed E-state index contributed by atoms with van der Waals surface area (Å²) in [6.45, 7) is 1.95. The molecule has 0 aliphatic rings. The number of hydrogen-bond acceptors (Lipinski definition) is 5. The molecule has 0 spiro atoms. The molecule has 0 aliphatic carbocycles. The summed E-state index contributed by atoms with van der Waals surface area (Å²) < 4.78 is 11.3. The van der Waals surface area contributed by atoms with Crippen LogP contribution in [0.25, 0.3) is 0 Å². The number of aromatic nitrogens is 1. The Morgan fingerprint density at radius 1 is 1.22 bits per heavy atom. The highest BCUT2D eigenvalue weighted by atomic mass is 16.5. The molecular weight excluding hydrogens is 300 g/mol. The Morgan fingerprint density at radius 3 is 2.57 bits per heavy atom. The molecule has 1 aromatic carbocycles. The predicted octanol–water partition coefficient (Wildman–Crippen LogP) is 2.66. The van der Waals surface area contributed by atoms with Crippen molar-refractivity contribution in [2.75, 3.05) is 11.9 Å². The molecule has 0 saturated heterocycles. The lowest BCUT2D eigenvalue weighted by atomic mass is 10.2. The number of amides is 1. The Balaban J connectivity index is 2.01. The number of ether oxygens (including phenoxy) is 2. The number of aromatic hydroxyl groups is 1. The summed E-state index contributed by atoms with van der Waals surface area (Å²) in [7, 11) is 1.56. The van der Waals surface area contributed by atoms with Crippen LogP contribution in [0.4, 0.5) is 10.5 Å². The van der Waals surface area contributed by atoms with Crippen LogP contribution in [0.3, 0.4) is 0 Å². The first-order valence-electron chi connectivity index (χ1n) is 7.06. The Morgan fingerprint density at radius 2 is 1.91 bits per heavy atom. The molecule has 122 valence electrons. The van der Waals surface area contributed by atoms with E-state index >= 15 is 0 Å². The van der Waals surface area contributed by atoms with Crippen LogP contribution in [-0.2, 0) is 23.1 Å². The predicted molar refractivity (Wildman–Crippen MR) is 83.3 cm³/mol. The van der Waals surface area contributed by atoms with Gasteiger partial charge in [0.05, 0.1) is 6.61 Å². The number of anilines is 1. The highest BCUT2D eigenvalue weighted by molar-refractivity contribution is 5.96. The van der Waals surface area contributed by atoms with E-state index in [2.05, 4.69) is 5.32 Å². The Hall–Kier alpha value is -2.96. The van der Waals surface area contributed by atoms with E-state index in [0.717, 1.165) is 5.56 Å². The monoisotopic (exact) mass is 318 g/mol. The van der Waals surface area contributed by atoms with Gasteiger partial charge in [0.2, 0.25) is 0 Å². The molecule has 2 N–H and O–H groups in total. The third-order valence-corrected chi connectivity index (χ3v) is 3.07. The second-order valence-electron chi connectivity index (χ2n) is 4.76. The van der Waals surface area contributed by atoms with E-state index in [4.69, 9.17) is 9.47 Å². The molecule has 2 rings (SSSR count). The lowest BCUT2D eigenvalue weighted by Gasteiger charge is -2.06. The fraction of sp³-hybridized carbons (Fsp3) is 0.250. The number of nitrogens with one attached hydrogen (secondary N) is 1. The molecule has 1 heterocycles. The standard InChI is InChI=1S/C16H18N2O5/c1-3-22-15(20)13-14(19)12(9-18(13)2)17-16(21)23-10-11-7-5-4-6-8-11/h4-9,19H,3,10H2,1-2H3,(H,17,21). The molecule has 1 aromatic heterocycles. The molecule has 1 amide bonds. The summed E-state index contributed by atoms with van der Waals surface area (Å²) in [5, 5.41) is 12.4. The van der Waals surface area contributed by atoms with Crippen molar-refractivity contribution in [3.8, 4) is 5.75 Å². The molecule has 0 unspecified atom stereocenters. The van der Waals surface area contributed by atoms with Gasteiger partial charge in [-0.3, -0.25) is 5.32 Å². The van der Waals surface area contributed by atoms with Gasteiger partial charge < -0.3 is 19.1 Å². The van der Waals surface area contributed by atoms with Crippen LogP contribution >= 0.6 is 0 Å². The van der Waals surface area contributed by atoms with Crippen molar-refractivity contribution in [2.24, 2.45) is 7.05 Å². The maximum absolute atomic E-state index is 11.8. The number of carbonyl (C=O) groups excluding carboxylic acids is 2. The Bertz CT molecular complexity index is 694. The van der Waals surface area contributed by atoms with Gasteiger partial charge >= 0.3 is 12.1 Å². The maximum Gasteiger partial charge on any atom is 0.412 e. The van der Waals surface area contributed by atoms with Crippen molar-refractivity contribution in [3.63, 3.8) is 0 Å². The van der Waals surface area contributed by atoms with E-state index in [9.17, 15) is 14.7 Å². The zero-order valence-electron chi connectivity index (χ0n) is 12.9. The quantitative estimate of drug-likeness (QED) is 0.827.